The number of ether oxygens (including phenoxy) is 1. The highest BCUT2D eigenvalue weighted by molar-refractivity contribution is 5.47. The molecular weight excluding hydrogens is 266 g/mol. The normalized spacial score (nSPS) is 11.2. The molecule has 1 rings (SSSR count). The maximum Gasteiger partial charge on any atom is 0.135 e. The molecular formula is C15H29N5O. The number of rotatable bonds is 10. The Morgan fingerprint density at radius 1 is 1.14 bits per heavy atom. The lowest BCUT2D eigenvalue weighted by atomic mass is 10.2. The third kappa shape index (κ3) is 7.24. The van der Waals surface area contributed by atoms with Gasteiger partial charge in [-0.3, -0.25) is 0 Å². The zero-order valence-corrected chi connectivity index (χ0v) is 13.9. The number of nitrogens with zero attached hydrogens (tertiary/aromatic N) is 3. The van der Waals surface area contributed by atoms with Crippen LogP contribution in [0.15, 0.2) is 6.07 Å². The van der Waals surface area contributed by atoms with Crippen molar-refractivity contribution in [1.29, 1.82) is 0 Å². The molecule has 0 saturated carbocycles. The molecule has 1 aromatic heterocycles. The van der Waals surface area contributed by atoms with Crippen molar-refractivity contribution >= 4 is 11.6 Å². The molecule has 0 unspecified atom stereocenters. The minimum Gasteiger partial charge on any atom is -0.378 e. The van der Waals surface area contributed by atoms with Crippen LogP contribution in [0.4, 0.5) is 11.6 Å². The fourth-order valence-corrected chi connectivity index (χ4v) is 1.69. The Balaban J connectivity index is 2.46. The van der Waals surface area contributed by atoms with Gasteiger partial charge in [-0.2, -0.15) is 0 Å². The van der Waals surface area contributed by atoms with E-state index in [9.17, 15) is 0 Å². The maximum atomic E-state index is 5.56. The second-order valence-electron chi connectivity index (χ2n) is 5.52. The highest BCUT2D eigenvalue weighted by Gasteiger charge is 2.07. The van der Waals surface area contributed by atoms with Crippen molar-refractivity contribution in [1.82, 2.24) is 14.9 Å². The summed E-state index contributed by atoms with van der Waals surface area (Å²) < 4.78 is 5.56. The van der Waals surface area contributed by atoms with Gasteiger partial charge in [-0.1, -0.05) is 13.8 Å². The summed E-state index contributed by atoms with van der Waals surface area (Å²) in [6.07, 6.45) is 0. The molecule has 2 N–H and O–H groups in total. The van der Waals surface area contributed by atoms with Crippen molar-refractivity contribution in [3.8, 4) is 0 Å². The molecule has 0 spiro atoms. The number of nitrogens with one attached hydrogen (secondary N) is 2. The number of aromatic nitrogens is 2. The summed E-state index contributed by atoms with van der Waals surface area (Å²) in [6.45, 7) is 10.2. The zero-order chi connectivity index (χ0) is 15.7. The lowest BCUT2D eigenvalue weighted by Gasteiger charge is -2.13. The van der Waals surface area contributed by atoms with E-state index in [1.807, 2.05) is 20.2 Å². The second-order valence-corrected chi connectivity index (χ2v) is 5.52. The minimum atomic E-state index is 0.306. The summed E-state index contributed by atoms with van der Waals surface area (Å²) in [6, 6.07) is 1.94. The Hall–Kier alpha value is -1.40. The molecule has 0 atom stereocenters. The molecule has 0 aliphatic heterocycles. The van der Waals surface area contributed by atoms with Crippen molar-refractivity contribution < 1.29 is 4.74 Å². The van der Waals surface area contributed by atoms with Gasteiger partial charge >= 0.3 is 0 Å². The van der Waals surface area contributed by atoms with Crippen LogP contribution in [0.3, 0.4) is 0 Å². The summed E-state index contributed by atoms with van der Waals surface area (Å²) in [7, 11) is 4.08. The van der Waals surface area contributed by atoms with Gasteiger partial charge in [-0.05, 0) is 21.0 Å². The maximum absolute atomic E-state index is 5.56. The van der Waals surface area contributed by atoms with Crippen LogP contribution in [0.25, 0.3) is 0 Å². The van der Waals surface area contributed by atoms with Gasteiger partial charge in [0, 0.05) is 31.6 Å². The fourth-order valence-electron chi connectivity index (χ4n) is 1.69. The number of hydrogen-bond donors (Lipinski definition) is 2. The SMILES string of the molecule is CCNc1cc(NCCOCCN(C)C)nc(C(C)C)n1. The van der Waals surface area contributed by atoms with Gasteiger partial charge in [0.1, 0.15) is 17.5 Å². The first-order valence-electron chi connectivity index (χ1n) is 7.62. The summed E-state index contributed by atoms with van der Waals surface area (Å²) in [5.41, 5.74) is 0. The monoisotopic (exact) mass is 295 g/mol. The molecule has 0 radical (unpaired) electrons. The van der Waals surface area contributed by atoms with E-state index >= 15 is 0 Å². The first kappa shape index (κ1) is 17.7. The van der Waals surface area contributed by atoms with Crippen LogP contribution >= 0.6 is 0 Å². The molecule has 21 heavy (non-hydrogen) atoms. The molecule has 0 aliphatic carbocycles. The first-order valence-corrected chi connectivity index (χ1v) is 7.62. The van der Waals surface area contributed by atoms with E-state index in [1.54, 1.807) is 0 Å². The quantitative estimate of drug-likeness (QED) is 0.644. The van der Waals surface area contributed by atoms with Gasteiger partial charge in [0.05, 0.1) is 13.2 Å². The topological polar surface area (TPSA) is 62.3 Å². The largest absolute Gasteiger partial charge is 0.378 e. The molecule has 0 fully saturated rings. The summed E-state index contributed by atoms with van der Waals surface area (Å²) in [5, 5.41) is 6.54. The van der Waals surface area contributed by atoms with E-state index in [2.05, 4.69) is 46.3 Å². The molecule has 6 nitrogen and oxygen atoms in total. The molecule has 0 aromatic carbocycles. The second kappa shape index (κ2) is 9.52. The van der Waals surface area contributed by atoms with E-state index in [4.69, 9.17) is 4.74 Å². The van der Waals surface area contributed by atoms with Gasteiger partial charge in [0.25, 0.3) is 0 Å². The van der Waals surface area contributed by atoms with Crippen molar-refractivity contribution in [2.45, 2.75) is 26.7 Å². The Morgan fingerprint density at radius 2 is 1.81 bits per heavy atom. The predicted molar refractivity (Wildman–Crippen MR) is 88.1 cm³/mol. The van der Waals surface area contributed by atoms with Crippen LogP contribution in [-0.2, 0) is 4.74 Å². The number of anilines is 2. The lowest BCUT2D eigenvalue weighted by Crippen LogP contribution is -2.20. The Labute approximate surface area is 128 Å². The van der Waals surface area contributed by atoms with Crippen LogP contribution in [0.2, 0.25) is 0 Å². The summed E-state index contributed by atoms with van der Waals surface area (Å²) >= 11 is 0. The van der Waals surface area contributed by atoms with Crippen LogP contribution < -0.4 is 10.6 Å². The van der Waals surface area contributed by atoms with E-state index in [0.29, 0.717) is 12.5 Å². The van der Waals surface area contributed by atoms with E-state index < -0.39 is 0 Å². The molecule has 0 saturated heterocycles. The third-order valence-electron chi connectivity index (χ3n) is 2.85. The Kier molecular flexibility index (Phi) is 8.00. The predicted octanol–water partition coefficient (Wildman–Crippen LogP) is 2.02. The van der Waals surface area contributed by atoms with Crippen molar-refractivity contribution in [2.24, 2.45) is 0 Å². The lowest BCUT2D eigenvalue weighted by molar-refractivity contribution is 0.126. The van der Waals surface area contributed by atoms with Gasteiger partial charge in [0.2, 0.25) is 0 Å². The molecule has 0 aliphatic rings. The van der Waals surface area contributed by atoms with Gasteiger partial charge in [0.15, 0.2) is 0 Å². The average Bonchev–Trinajstić information content (AvgIpc) is 2.42. The minimum absolute atomic E-state index is 0.306. The third-order valence-corrected chi connectivity index (χ3v) is 2.85. The number of hydrogen-bond acceptors (Lipinski definition) is 6. The van der Waals surface area contributed by atoms with Gasteiger partial charge in [-0.25, -0.2) is 9.97 Å². The molecule has 6 heteroatoms. The van der Waals surface area contributed by atoms with Gasteiger partial charge in [-0.15, -0.1) is 0 Å². The van der Waals surface area contributed by atoms with Crippen molar-refractivity contribution in [3.05, 3.63) is 11.9 Å². The van der Waals surface area contributed by atoms with Crippen LogP contribution in [0, 0.1) is 0 Å². The highest BCUT2D eigenvalue weighted by Crippen LogP contribution is 2.16. The van der Waals surface area contributed by atoms with Crippen molar-refractivity contribution in [3.63, 3.8) is 0 Å². The standard InChI is InChI=1S/C15H29N5O/c1-6-16-13-11-14(19-15(18-13)12(2)3)17-7-9-21-10-8-20(4)5/h11-12H,6-10H2,1-5H3,(H2,16,17,18,19). The van der Waals surface area contributed by atoms with E-state index in [0.717, 1.165) is 43.7 Å². The van der Waals surface area contributed by atoms with Gasteiger partial charge < -0.3 is 20.3 Å². The highest BCUT2D eigenvalue weighted by atomic mass is 16.5. The molecule has 0 amide bonds. The fraction of sp³-hybridized carbons (Fsp3) is 0.733. The van der Waals surface area contributed by atoms with E-state index in [1.165, 1.54) is 0 Å². The first-order chi connectivity index (χ1) is 10.0. The molecule has 120 valence electrons. The summed E-state index contributed by atoms with van der Waals surface area (Å²) in [4.78, 5) is 11.1. The number of likely N-dealkylation sites (N-methyl/N-ethyl adjacent to an activating group) is 1. The summed E-state index contributed by atoms with van der Waals surface area (Å²) in [5.74, 6) is 2.87. The van der Waals surface area contributed by atoms with Crippen LogP contribution in [0.5, 0.6) is 0 Å². The Morgan fingerprint density at radius 3 is 2.38 bits per heavy atom. The smallest absolute Gasteiger partial charge is 0.135 e. The van der Waals surface area contributed by atoms with E-state index in [-0.39, 0.29) is 0 Å². The molecule has 1 heterocycles. The molecule has 1 aromatic rings. The van der Waals surface area contributed by atoms with Crippen molar-refractivity contribution in [2.75, 3.05) is 57.6 Å². The van der Waals surface area contributed by atoms with Crippen LogP contribution in [0.1, 0.15) is 32.5 Å². The van der Waals surface area contributed by atoms with Crippen LogP contribution in [-0.4, -0.2) is 61.8 Å². The molecule has 0 bridgehead atoms. The average molecular weight is 295 g/mol. The Bertz CT molecular complexity index is 409. The zero-order valence-electron chi connectivity index (χ0n) is 13.9.